The maximum Gasteiger partial charge on any atom is 0.269 e. The Kier molecular flexibility index (Phi) is 4.76. The van der Waals surface area contributed by atoms with Crippen molar-refractivity contribution < 1.29 is 4.79 Å². The molecule has 2 aromatic rings. The molecule has 5 heteroatoms. The molecular weight excluding hydrogens is 288 g/mol. The van der Waals surface area contributed by atoms with Crippen molar-refractivity contribution in [2.24, 2.45) is 0 Å². The van der Waals surface area contributed by atoms with E-state index in [2.05, 4.69) is 34.3 Å². The van der Waals surface area contributed by atoms with Crippen molar-refractivity contribution in [3.8, 4) is 11.3 Å². The van der Waals surface area contributed by atoms with Gasteiger partial charge in [-0.15, -0.1) is 0 Å². The van der Waals surface area contributed by atoms with Crippen LogP contribution in [0.15, 0.2) is 36.4 Å². The van der Waals surface area contributed by atoms with Crippen molar-refractivity contribution in [1.29, 1.82) is 0 Å². The molecule has 0 bridgehead atoms. The minimum absolute atomic E-state index is 0.0670. The highest BCUT2D eigenvalue weighted by Gasteiger charge is 2.23. The summed E-state index contributed by atoms with van der Waals surface area (Å²) in [5.74, 6) is -0.0670. The van der Waals surface area contributed by atoms with Crippen LogP contribution in [0, 0.1) is 0 Å². The summed E-state index contributed by atoms with van der Waals surface area (Å²) in [6.07, 6.45) is 2.01. The standard InChI is InChI=1S/C18H24N4O/c1-13(2)22-10-8-15(9-11-22)19-18(23)17-12-16(20-21-17)14-6-4-3-5-7-14/h3-7,12-13,15H,8-11H2,1-2H3,(H,19,23)(H,20,21). The van der Waals surface area contributed by atoms with E-state index in [4.69, 9.17) is 0 Å². The van der Waals surface area contributed by atoms with Crippen LogP contribution >= 0.6 is 0 Å². The van der Waals surface area contributed by atoms with Gasteiger partial charge < -0.3 is 10.2 Å². The number of hydrogen-bond acceptors (Lipinski definition) is 3. The van der Waals surface area contributed by atoms with Crippen LogP contribution in [0.1, 0.15) is 37.2 Å². The minimum Gasteiger partial charge on any atom is -0.348 e. The van der Waals surface area contributed by atoms with Crippen molar-refractivity contribution in [3.63, 3.8) is 0 Å². The van der Waals surface area contributed by atoms with Gasteiger partial charge in [-0.3, -0.25) is 9.89 Å². The fraction of sp³-hybridized carbons (Fsp3) is 0.444. The molecule has 1 aromatic heterocycles. The van der Waals surface area contributed by atoms with Crippen molar-refractivity contribution in [1.82, 2.24) is 20.4 Å². The molecule has 0 atom stereocenters. The second-order valence-electron chi connectivity index (χ2n) is 6.41. The van der Waals surface area contributed by atoms with Crippen LogP contribution in [-0.2, 0) is 0 Å². The fourth-order valence-electron chi connectivity index (χ4n) is 3.02. The van der Waals surface area contributed by atoms with Crippen LogP contribution in [0.3, 0.4) is 0 Å². The Hall–Kier alpha value is -2.14. The zero-order valence-electron chi connectivity index (χ0n) is 13.7. The summed E-state index contributed by atoms with van der Waals surface area (Å²) in [6, 6.07) is 12.5. The number of nitrogens with one attached hydrogen (secondary N) is 2. The van der Waals surface area contributed by atoms with E-state index < -0.39 is 0 Å². The highest BCUT2D eigenvalue weighted by Crippen LogP contribution is 2.18. The molecule has 5 nitrogen and oxygen atoms in total. The molecule has 23 heavy (non-hydrogen) atoms. The zero-order valence-corrected chi connectivity index (χ0v) is 13.7. The largest absolute Gasteiger partial charge is 0.348 e. The first kappa shape index (κ1) is 15.7. The molecule has 0 saturated carbocycles. The number of carbonyl (C=O) groups is 1. The number of nitrogens with zero attached hydrogens (tertiary/aromatic N) is 2. The Morgan fingerprint density at radius 3 is 2.61 bits per heavy atom. The minimum atomic E-state index is -0.0670. The molecule has 1 saturated heterocycles. The molecule has 122 valence electrons. The summed E-state index contributed by atoms with van der Waals surface area (Å²) in [5.41, 5.74) is 2.33. The van der Waals surface area contributed by atoms with Gasteiger partial charge in [-0.05, 0) is 32.8 Å². The van der Waals surface area contributed by atoms with Gasteiger partial charge in [0.25, 0.3) is 5.91 Å². The molecule has 1 fully saturated rings. The van der Waals surface area contributed by atoms with Crippen molar-refractivity contribution in [3.05, 3.63) is 42.1 Å². The fourth-order valence-corrected chi connectivity index (χ4v) is 3.02. The number of rotatable bonds is 4. The average molecular weight is 312 g/mol. The third-order valence-corrected chi connectivity index (χ3v) is 4.49. The number of piperidine rings is 1. The molecule has 0 unspecified atom stereocenters. The Labute approximate surface area is 137 Å². The van der Waals surface area contributed by atoms with E-state index in [0.717, 1.165) is 37.2 Å². The van der Waals surface area contributed by atoms with Gasteiger partial charge in [0.05, 0.1) is 5.69 Å². The third kappa shape index (κ3) is 3.79. The van der Waals surface area contributed by atoms with Gasteiger partial charge in [0.15, 0.2) is 0 Å². The number of amides is 1. The lowest BCUT2D eigenvalue weighted by molar-refractivity contribution is 0.0895. The first-order valence-corrected chi connectivity index (χ1v) is 8.29. The molecular formula is C18H24N4O. The second-order valence-corrected chi connectivity index (χ2v) is 6.41. The predicted octanol–water partition coefficient (Wildman–Crippen LogP) is 2.68. The highest BCUT2D eigenvalue weighted by molar-refractivity contribution is 5.93. The number of aromatic amines is 1. The van der Waals surface area contributed by atoms with Gasteiger partial charge in [0.2, 0.25) is 0 Å². The zero-order chi connectivity index (χ0) is 16.2. The molecule has 1 aliphatic heterocycles. The normalized spacial score (nSPS) is 16.7. The van der Waals surface area contributed by atoms with Crippen LogP contribution in [0.2, 0.25) is 0 Å². The smallest absolute Gasteiger partial charge is 0.269 e. The van der Waals surface area contributed by atoms with E-state index in [0.29, 0.717) is 11.7 Å². The number of aromatic nitrogens is 2. The van der Waals surface area contributed by atoms with E-state index in [1.807, 2.05) is 36.4 Å². The lowest BCUT2D eigenvalue weighted by atomic mass is 10.0. The molecule has 2 heterocycles. The van der Waals surface area contributed by atoms with Crippen molar-refractivity contribution >= 4 is 5.91 Å². The van der Waals surface area contributed by atoms with Crippen LogP contribution in [-0.4, -0.2) is 46.2 Å². The summed E-state index contributed by atoms with van der Waals surface area (Å²) in [7, 11) is 0. The Morgan fingerprint density at radius 2 is 1.96 bits per heavy atom. The second kappa shape index (κ2) is 6.96. The Balaban J connectivity index is 1.58. The van der Waals surface area contributed by atoms with Gasteiger partial charge in [0, 0.05) is 30.7 Å². The molecule has 1 aromatic carbocycles. The third-order valence-electron chi connectivity index (χ3n) is 4.49. The number of H-pyrrole nitrogens is 1. The maximum atomic E-state index is 12.4. The molecule has 0 radical (unpaired) electrons. The molecule has 3 rings (SSSR count). The van der Waals surface area contributed by atoms with Gasteiger partial charge >= 0.3 is 0 Å². The van der Waals surface area contributed by atoms with Crippen LogP contribution in [0.4, 0.5) is 0 Å². The number of carbonyl (C=O) groups excluding carboxylic acids is 1. The molecule has 2 N–H and O–H groups in total. The summed E-state index contributed by atoms with van der Waals surface area (Å²) in [6.45, 7) is 6.52. The number of hydrogen-bond donors (Lipinski definition) is 2. The van der Waals surface area contributed by atoms with Gasteiger partial charge in [0.1, 0.15) is 5.69 Å². The molecule has 1 aliphatic rings. The Morgan fingerprint density at radius 1 is 1.26 bits per heavy atom. The molecule has 0 spiro atoms. The summed E-state index contributed by atoms with van der Waals surface area (Å²) in [4.78, 5) is 14.8. The van der Waals surface area contributed by atoms with E-state index in [1.165, 1.54) is 0 Å². The van der Waals surface area contributed by atoms with Crippen molar-refractivity contribution in [2.75, 3.05) is 13.1 Å². The van der Waals surface area contributed by atoms with E-state index in [-0.39, 0.29) is 11.9 Å². The van der Waals surface area contributed by atoms with E-state index in [1.54, 1.807) is 0 Å². The van der Waals surface area contributed by atoms with Crippen LogP contribution in [0.5, 0.6) is 0 Å². The van der Waals surface area contributed by atoms with E-state index >= 15 is 0 Å². The predicted molar refractivity (Wildman–Crippen MR) is 91.2 cm³/mol. The molecule has 0 aliphatic carbocycles. The SMILES string of the molecule is CC(C)N1CCC(NC(=O)c2cc(-c3ccccc3)n[nH]2)CC1. The summed E-state index contributed by atoms with van der Waals surface area (Å²) in [5, 5.41) is 10.2. The maximum absolute atomic E-state index is 12.4. The van der Waals surface area contributed by atoms with Crippen molar-refractivity contribution in [2.45, 2.75) is 38.8 Å². The molecule has 1 amide bonds. The average Bonchev–Trinajstić information content (AvgIpc) is 3.06. The lowest BCUT2D eigenvalue weighted by Gasteiger charge is -2.34. The monoisotopic (exact) mass is 312 g/mol. The number of benzene rings is 1. The number of likely N-dealkylation sites (tertiary alicyclic amines) is 1. The first-order chi connectivity index (χ1) is 11.1. The van der Waals surface area contributed by atoms with Crippen LogP contribution in [0.25, 0.3) is 11.3 Å². The van der Waals surface area contributed by atoms with Gasteiger partial charge in [-0.25, -0.2) is 0 Å². The Bertz CT molecular complexity index is 642. The van der Waals surface area contributed by atoms with Crippen LogP contribution < -0.4 is 5.32 Å². The lowest BCUT2D eigenvalue weighted by Crippen LogP contribution is -2.46. The highest BCUT2D eigenvalue weighted by atomic mass is 16.2. The van der Waals surface area contributed by atoms with Gasteiger partial charge in [-0.2, -0.15) is 5.10 Å². The first-order valence-electron chi connectivity index (χ1n) is 8.29. The van der Waals surface area contributed by atoms with E-state index in [9.17, 15) is 4.79 Å². The quantitative estimate of drug-likeness (QED) is 0.912. The summed E-state index contributed by atoms with van der Waals surface area (Å²) >= 11 is 0. The topological polar surface area (TPSA) is 61.0 Å². The van der Waals surface area contributed by atoms with Gasteiger partial charge in [-0.1, -0.05) is 30.3 Å². The summed E-state index contributed by atoms with van der Waals surface area (Å²) < 4.78 is 0.